The summed E-state index contributed by atoms with van der Waals surface area (Å²) in [6, 6.07) is 10.1. The van der Waals surface area contributed by atoms with Crippen molar-refractivity contribution in [3.05, 3.63) is 58.3 Å². The van der Waals surface area contributed by atoms with E-state index in [1.54, 1.807) is 42.6 Å². The van der Waals surface area contributed by atoms with Gasteiger partial charge in [-0.1, -0.05) is 35.3 Å². The largest absolute Gasteiger partial charge is 0.476 e. The van der Waals surface area contributed by atoms with Crippen molar-refractivity contribution >= 4 is 46.3 Å². The summed E-state index contributed by atoms with van der Waals surface area (Å²) >= 11 is 11.9. The highest BCUT2D eigenvalue weighted by Gasteiger charge is 2.18. The summed E-state index contributed by atoms with van der Waals surface area (Å²) in [7, 11) is 0. The topological polar surface area (TPSA) is 79.3 Å². The molecule has 0 saturated carbocycles. The number of imidazole rings is 1. The smallest absolute Gasteiger partial charge is 0.358 e. The Kier molecular flexibility index (Phi) is 3.79. The number of hydrogen-bond acceptors (Lipinski definition) is 4. The zero-order chi connectivity index (χ0) is 15.7. The van der Waals surface area contributed by atoms with Gasteiger partial charge in [0.1, 0.15) is 11.3 Å². The van der Waals surface area contributed by atoms with Crippen LogP contribution in [0.15, 0.2) is 52.8 Å². The number of halogens is 2. The van der Waals surface area contributed by atoms with Crippen LogP contribution in [0.25, 0.3) is 5.65 Å². The monoisotopic (exact) mass is 334 g/mol. The fourth-order valence-corrected chi connectivity index (χ4v) is 2.23. The number of carbonyl (C=O) groups is 1. The first kappa shape index (κ1) is 14.5. The molecule has 2 aromatic heterocycles. The van der Waals surface area contributed by atoms with Crippen LogP contribution in [0.5, 0.6) is 0 Å². The molecule has 3 aromatic rings. The van der Waals surface area contributed by atoms with Gasteiger partial charge in [0.2, 0.25) is 0 Å². The third-order valence-electron chi connectivity index (χ3n) is 2.89. The van der Waals surface area contributed by atoms with Gasteiger partial charge in [-0.25, -0.2) is 9.78 Å². The number of benzene rings is 1. The molecule has 0 saturated heterocycles. The lowest BCUT2D eigenvalue weighted by molar-refractivity contribution is 0.0692. The summed E-state index contributed by atoms with van der Waals surface area (Å²) < 4.78 is 1.53. The van der Waals surface area contributed by atoms with Gasteiger partial charge in [0.15, 0.2) is 11.5 Å². The van der Waals surface area contributed by atoms with Crippen LogP contribution >= 0.6 is 23.2 Å². The van der Waals surface area contributed by atoms with Crippen LogP contribution in [-0.2, 0) is 0 Å². The Hall–Kier alpha value is -2.44. The Morgan fingerprint density at radius 3 is 2.73 bits per heavy atom. The molecular weight excluding hydrogens is 327 g/mol. The quantitative estimate of drug-likeness (QED) is 0.701. The second-order valence-electron chi connectivity index (χ2n) is 4.29. The number of pyridine rings is 1. The van der Waals surface area contributed by atoms with Gasteiger partial charge in [-0.15, -0.1) is 10.2 Å². The van der Waals surface area contributed by atoms with Crippen molar-refractivity contribution in [2.24, 2.45) is 10.2 Å². The van der Waals surface area contributed by atoms with Crippen molar-refractivity contribution in [2.45, 2.75) is 0 Å². The van der Waals surface area contributed by atoms with Crippen LogP contribution in [0.1, 0.15) is 10.5 Å². The standard InChI is InChI=1S/C14H8Cl2N4O2/c15-8-4-3-5-9(11(8)16)18-19-13-12(14(21)22)17-10-6-1-2-7-20(10)13/h1-7H,(H,21,22). The van der Waals surface area contributed by atoms with Crippen LogP contribution in [0.3, 0.4) is 0 Å². The van der Waals surface area contributed by atoms with Gasteiger partial charge < -0.3 is 5.11 Å². The molecule has 6 nitrogen and oxygen atoms in total. The Balaban J connectivity index is 2.13. The van der Waals surface area contributed by atoms with E-state index in [0.29, 0.717) is 16.4 Å². The molecule has 0 atom stereocenters. The lowest BCUT2D eigenvalue weighted by Gasteiger charge is -1.99. The molecule has 8 heteroatoms. The minimum absolute atomic E-state index is 0.110. The van der Waals surface area contributed by atoms with E-state index >= 15 is 0 Å². The van der Waals surface area contributed by atoms with Gasteiger partial charge in [0.25, 0.3) is 0 Å². The van der Waals surface area contributed by atoms with Crippen molar-refractivity contribution in [1.82, 2.24) is 9.38 Å². The molecular formula is C14H8Cl2N4O2. The van der Waals surface area contributed by atoms with Crippen molar-refractivity contribution in [3.8, 4) is 0 Å². The van der Waals surface area contributed by atoms with Gasteiger partial charge in [-0.2, -0.15) is 0 Å². The van der Waals surface area contributed by atoms with Gasteiger partial charge in [-0.05, 0) is 24.3 Å². The maximum absolute atomic E-state index is 11.3. The third-order valence-corrected chi connectivity index (χ3v) is 3.70. The van der Waals surface area contributed by atoms with E-state index in [-0.39, 0.29) is 16.5 Å². The van der Waals surface area contributed by atoms with E-state index in [0.717, 1.165) is 0 Å². The van der Waals surface area contributed by atoms with Crippen LogP contribution < -0.4 is 0 Å². The van der Waals surface area contributed by atoms with E-state index in [9.17, 15) is 9.90 Å². The molecule has 110 valence electrons. The number of nitrogens with zero attached hydrogens (tertiary/aromatic N) is 4. The molecule has 0 bridgehead atoms. The van der Waals surface area contributed by atoms with Crippen LogP contribution in [0.2, 0.25) is 10.0 Å². The van der Waals surface area contributed by atoms with Crippen molar-refractivity contribution in [2.75, 3.05) is 0 Å². The lowest BCUT2D eigenvalue weighted by atomic mass is 10.3. The van der Waals surface area contributed by atoms with Crippen LogP contribution in [0, 0.1) is 0 Å². The zero-order valence-electron chi connectivity index (χ0n) is 10.9. The van der Waals surface area contributed by atoms with Gasteiger partial charge in [-0.3, -0.25) is 4.40 Å². The Morgan fingerprint density at radius 1 is 1.14 bits per heavy atom. The molecule has 0 radical (unpaired) electrons. The van der Waals surface area contributed by atoms with Gasteiger partial charge in [0.05, 0.1) is 10.0 Å². The number of aromatic carboxylic acids is 1. The predicted octanol–water partition coefficient (Wildman–Crippen LogP) is 4.75. The highest BCUT2D eigenvalue weighted by atomic mass is 35.5. The first-order valence-electron chi connectivity index (χ1n) is 6.14. The molecule has 0 amide bonds. The first-order valence-corrected chi connectivity index (χ1v) is 6.89. The number of hydrogen-bond donors (Lipinski definition) is 1. The van der Waals surface area contributed by atoms with E-state index in [1.165, 1.54) is 4.40 Å². The summed E-state index contributed by atoms with van der Waals surface area (Å²) in [5.74, 6) is -1.08. The molecule has 3 rings (SSSR count). The highest BCUT2D eigenvalue weighted by molar-refractivity contribution is 6.43. The molecule has 22 heavy (non-hydrogen) atoms. The number of carboxylic acid groups (broad SMARTS) is 1. The molecule has 0 unspecified atom stereocenters. The number of aromatic nitrogens is 2. The second kappa shape index (κ2) is 5.75. The number of carboxylic acids is 1. The van der Waals surface area contributed by atoms with Crippen molar-refractivity contribution in [1.29, 1.82) is 0 Å². The minimum atomic E-state index is -1.19. The number of fused-ring (bicyclic) bond motifs is 1. The molecule has 0 aliphatic rings. The predicted molar refractivity (Wildman–Crippen MR) is 82.8 cm³/mol. The molecule has 2 heterocycles. The Morgan fingerprint density at radius 2 is 1.95 bits per heavy atom. The van der Waals surface area contributed by atoms with E-state index in [2.05, 4.69) is 15.2 Å². The summed E-state index contributed by atoms with van der Waals surface area (Å²) in [5.41, 5.74) is 0.621. The molecule has 0 aliphatic carbocycles. The van der Waals surface area contributed by atoms with E-state index < -0.39 is 5.97 Å². The first-order chi connectivity index (χ1) is 10.6. The Bertz CT molecular complexity index is 905. The van der Waals surface area contributed by atoms with Gasteiger partial charge >= 0.3 is 5.97 Å². The SMILES string of the molecule is O=C(O)c1nc2ccccn2c1N=Nc1cccc(Cl)c1Cl. The van der Waals surface area contributed by atoms with E-state index in [4.69, 9.17) is 23.2 Å². The average molecular weight is 335 g/mol. The molecule has 1 N–H and O–H groups in total. The summed E-state index contributed by atoms with van der Waals surface area (Å²) in [4.78, 5) is 15.3. The molecule has 0 aliphatic heterocycles. The summed E-state index contributed by atoms with van der Waals surface area (Å²) in [5, 5.41) is 17.8. The lowest BCUT2D eigenvalue weighted by Crippen LogP contribution is -1.96. The number of rotatable bonds is 3. The fraction of sp³-hybridized carbons (Fsp3) is 0. The van der Waals surface area contributed by atoms with E-state index in [1.807, 2.05) is 0 Å². The van der Waals surface area contributed by atoms with Gasteiger partial charge in [0, 0.05) is 6.20 Å². The zero-order valence-corrected chi connectivity index (χ0v) is 12.5. The summed E-state index contributed by atoms with van der Waals surface area (Å²) in [6.45, 7) is 0. The highest BCUT2D eigenvalue weighted by Crippen LogP contribution is 2.33. The summed E-state index contributed by atoms with van der Waals surface area (Å²) in [6.07, 6.45) is 1.66. The number of azo groups is 1. The van der Waals surface area contributed by atoms with Crippen LogP contribution in [-0.4, -0.2) is 20.5 Å². The maximum Gasteiger partial charge on any atom is 0.358 e. The molecule has 0 fully saturated rings. The molecule has 1 aromatic carbocycles. The Labute approximate surface area is 134 Å². The van der Waals surface area contributed by atoms with Crippen molar-refractivity contribution < 1.29 is 9.90 Å². The second-order valence-corrected chi connectivity index (χ2v) is 5.08. The normalized spacial score (nSPS) is 11.4. The third kappa shape index (κ3) is 2.54. The fourth-order valence-electron chi connectivity index (χ4n) is 1.89. The molecule has 0 spiro atoms. The maximum atomic E-state index is 11.3. The average Bonchev–Trinajstić information content (AvgIpc) is 2.88. The van der Waals surface area contributed by atoms with Crippen molar-refractivity contribution in [3.63, 3.8) is 0 Å². The van der Waals surface area contributed by atoms with Crippen LogP contribution in [0.4, 0.5) is 11.5 Å². The minimum Gasteiger partial charge on any atom is -0.476 e.